The number of H-pyrrole nitrogens is 1. The van der Waals surface area contributed by atoms with Crippen LogP contribution in [0.1, 0.15) is 12.2 Å². The van der Waals surface area contributed by atoms with E-state index < -0.39 is 0 Å². The Morgan fingerprint density at radius 2 is 2.16 bits per heavy atom. The minimum Gasteiger partial charge on any atom is -0.493 e. The third kappa shape index (κ3) is 4.36. The summed E-state index contributed by atoms with van der Waals surface area (Å²) in [6.07, 6.45) is 0.240. The molecule has 0 unspecified atom stereocenters. The van der Waals surface area contributed by atoms with Crippen molar-refractivity contribution in [2.75, 3.05) is 11.9 Å². The van der Waals surface area contributed by atoms with Gasteiger partial charge in [0.25, 0.3) is 0 Å². The zero-order chi connectivity index (χ0) is 13.7. The zero-order valence-corrected chi connectivity index (χ0v) is 11.9. The Morgan fingerprint density at radius 3 is 2.79 bits per heavy atom. The van der Waals surface area contributed by atoms with Crippen molar-refractivity contribution >= 4 is 27.8 Å². The van der Waals surface area contributed by atoms with Crippen molar-refractivity contribution in [3.8, 4) is 5.75 Å². The predicted molar refractivity (Wildman–Crippen MR) is 74.0 cm³/mol. The van der Waals surface area contributed by atoms with Gasteiger partial charge in [0.15, 0.2) is 0 Å². The van der Waals surface area contributed by atoms with Gasteiger partial charge in [-0.05, 0) is 31.2 Å². The number of hydrogen-bond acceptors (Lipinski definition) is 4. The van der Waals surface area contributed by atoms with Crippen molar-refractivity contribution in [2.24, 2.45) is 0 Å². The molecule has 2 aromatic rings. The highest BCUT2D eigenvalue weighted by Crippen LogP contribution is 2.16. The Bertz CT molecular complexity index is 553. The molecule has 1 amide bonds. The third-order valence-electron chi connectivity index (χ3n) is 2.26. The molecule has 2 rings (SSSR count). The first-order valence-corrected chi connectivity index (χ1v) is 6.50. The second-order valence-electron chi connectivity index (χ2n) is 3.84. The van der Waals surface area contributed by atoms with E-state index in [0.29, 0.717) is 12.4 Å². The van der Waals surface area contributed by atoms with Gasteiger partial charge in [0.2, 0.25) is 11.9 Å². The van der Waals surface area contributed by atoms with Gasteiger partial charge in [-0.15, -0.1) is 5.10 Å². The van der Waals surface area contributed by atoms with E-state index in [0.717, 1.165) is 10.2 Å². The molecule has 0 bridgehead atoms. The monoisotopic (exact) mass is 324 g/mol. The largest absolute Gasteiger partial charge is 0.493 e. The molecule has 7 heteroatoms. The Balaban J connectivity index is 1.73. The second kappa shape index (κ2) is 6.33. The van der Waals surface area contributed by atoms with Crippen LogP contribution in [0.5, 0.6) is 5.75 Å². The predicted octanol–water partition coefficient (Wildman–Crippen LogP) is 2.28. The number of anilines is 1. The van der Waals surface area contributed by atoms with Crippen molar-refractivity contribution in [3.05, 3.63) is 34.6 Å². The summed E-state index contributed by atoms with van der Waals surface area (Å²) in [5.74, 6) is 1.48. The molecule has 0 aliphatic carbocycles. The lowest BCUT2D eigenvalue weighted by molar-refractivity contribution is -0.116. The minimum atomic E-state index is -0.184. The smallest absolute Gasteiger partial charge is 0.248 e. The molecule has 0 aliphatic rings. The highest BCUT2D eigenvalue weighted by atomic mass is 79.9. The maximum Gasteiger partial charge on any atom is 0.248 e. The highest BCUT2D eigenvalue weighted by molar-refractivity contribution is 9.10. The Morgan fingerprint density at radius 1 is 1.42 bits per heavy atom. The standard InChI is InChI=1S/C12H13BrN4O2/c1-8-14-12(17-16-8)15-11(18)6-7-19-10-4-2-9(13)3-5-10/h2-5H,6-7H2,1H3,(H2,14,15,16,17,18). The van der Waals surface area contributed by atoms with Crippen LogP contribution in [0.25, 0.3) is 0 Å². The van der Waals surface area contributed by atoms with Crippen LogP contribution < -0.4 is 10.1 Å². The maximum atomic E-state index is 11.6. The summed E-state index contributed by atoms with van der Waals surface area (Å²) in [5, 5.41) is 9.05. The van der Waals surface area contributed by atoms with E-state index in [4.69, 9.17) is 4.74 Å². The molecule has 0 atom stereocenters. The van der Waals surface area contributed by atoms with Crippen molar-refractivity contribution < 1.29 is 9.53 Å². The normalized spacial score (nSPS) is 10.2. The number of nitrogens with one attached hydrogen (secondary N) is 2. The first-order valence-electron chi connectivity index (χ1n) is 5.71. The van der Waals surface area contributed by atoms with Crippen LogP contribution in [0.2, 0.25) is 0 Å². The van der Waals surface area contributed by atoms with Crippen LogP contribution in [0.4, 0.5) is 5.95 Å². The van der Waals surface area contributed by atoms with Gasteiger partial charge in [0.05, 0.1) is 13.0 Å². The van der Waals surface area contributed by atoms with Crippen molar-refractivity contribution in [3.63, 3.8) is 0 Å². The number of benzene rings is 1. The fourth-order valence-corrected chi connectivity index (χ4v) is 1.64. The molecule has 0 fully saturated rings. The molecule has 100 valence electrons. The molecule has 0 saturated carbocycles. The van der Waals surface area contributed by atoms with Crippen LogP contribution in [0.15, 0.2) is 28.7 Å². The molecule has 0 radical (unpaired) electrons. The van der Waals surface area contributed by atoms with E-state index in [1.165, 1.54) is 0 Å². The quantitative estimate of drug-likeness (QED) is 0.884. The molecule has 1 heterocycles. The number of hydrogen-bond donors (Lipinski definition) is 2. The van der Waals surface area contributed by atoms with Gasteiger partial charge < -0.3 is 4.74 Å². The zero-order valence-electron chi connectivity index (χ0n) is 10.3. The summed E-state index contributed by atoms with van der Waals surface area (Å²) >= 11 is 3.34. The summed E-state index contributed by atoms with van der Waals surface area (Å²) in [6, 6.07) is 7.43. The van der Waals surface area contributed by atoms with E-state index in [2.05, 4.69) is 36.4 Å². The summed E-state index contributed by atoms with van der Waals surface area (Å²) in [7, 11) is 0. The van der Waals surface area contributed by atoms with Gasteiger partial charge >= 0.3 is 0 Å². The Kier molecular flexibility index (Phi) is 4.51. The van der Waals surface area contributed by atoms with E-state index in [-0.39, 0.29) is 18.3 Å². The number of amides is 1. The summed E-state index contributed by atoms with van der Waals surface area (Å²) in [6.45, 7) is 2.07. The van der Waals surface area contributed by atoms with Crippen LogP contribution in [0, 0.1) is 6.92 Å². The average molecular weight is 325 g/mol. The first-order chi connectivity index (χ1) is 9.13. The molecular formula is C12H13BrN4O2. The van der Waals surface area contributed by atoms with E-state index in [9.17, 15) is 4.79 Å². The molecule has 0 spiro atoms. The van der Waals surface area contributed by atoms with Gasteiger partial charge in [0.1, 0.15) is 11.6 Å². The number of carbonyl (C=O) groups excluding carboxylic acids is 1. The molecule has 19 heavy (non-hydrogen) atoms. The lowest BCUT2D eigenvalue weighted by Gasteiger charge is -2.05. The van der Waals surface area contributed by atoms with Crippen LogP contribution >= 0.6 is 15.9 Å². The summed E-state index contributed by atoms with van der Waals surface area (Å²) in [5.41, 5.74) is 0. The van der Waals surface area contributed by atoms with Crippen LogP contribution in [-0.2, 0) is 4.79 Å². The molecule has 1 aromatic heterocycles. The summed E-state index contributed by atoms with van der Waals surface area (Å²) in [4.78, 5) is 15.6. The van der Waals surface area contributed by atoms with Gasteiger partial charge in [-0.1, -0.05) is 15.9 Å². The molecular weight excluding hydrogens is 312 g/mol. The second-order valence-corrected chi connectivity index (χ2v) is 4.76. The number of aromatic nitrogens is 3. The average Bonchev–Trinajstić information content (AvgIpc) is 2.77. The van der Waals surface area contributed by atoms with Crippen LogP contribution in [-0.4, -0.2) is 27.7 Å². The molecule has 2 N–H and O–H groups in total. The van der Waals surface area contributed by atoms with Gasteiger partial charge in [-0.2, -0.15) is 4.98 Å². The minimum absolute atomic E-state index is 0.184. The Hall–Kier alpha value is -1.89. The molecule has 1 aromatic carbocycles. The molecule has 0 aliphatic heterocycles. The number of halogens is 1. The molecule has 0 saturated heterocycles. The van der Waals surface area contributed by atoms with E-state index in [1.807, 2.05) is 24.3 Å². The number of ether oxygens (including phenoxy) is 1. The molecule has 6 nitrogen and oxygen atoms in total. The van der Waals surface area contributed by atoms with Gasteiger partial charge in [-0.3, -0.25) is 15.2 Å². The van der Waals surface area contributed by atoms with E-state index >= 15 is 0 Å². The van der Waals surface area contributed by atoms with Crippen LogP contribution in [0.3, 0.4) is 0 Å². The number of aryl methyl sites for hydroxylation is 1. The lowest BCUT2D eigenvalue weighted by atomic mass is 10.3. The number of nitrogens with zero attached hydrogens (tertiary/aromatic N) is 2. The highest BCUT2D eigenvalue weighted by Gasteiger charge is 2.06. The lowest BCUT2D eigenvalue weighted by Crippen LogP contribution is -2.16. The third-order valence-corrected chi connectivity index (χ3v) is 2.79. The SMILES string of the molecule is Cc1nc(NC(=O)CCOc2ccc(Br)cc2)n[nH]1. The fourth-order valence-electron chi connectivity index (χ4n) is 1.38. The van der Waals surface area contributed by atoms with Crippen molar-refractivity contribution in [1.82, 2.24) is 15.2 Å². The van der Waals surface area contributed by atoms with Gasteiger partial charge in [0, 0.05) is 4.47 Å². The summed E-state index contributed by atoms with van der Waals surface area (Å²) < 4.78 is 6.43. The van der Waals surface area contributed by atoms with Gasteiger partial charge in [-0.25, -0.2) is 0 Å². The fraction of sp³-hybridized carbons (Fsp3) is 0.250. The number of carbonyl (C=O) groups is 1. The maximum absolute atomic E-state index is 11.6. The van der Waals surface area contributed by atoms with Crippen molar-refractivity contribution in [2.45, 2.75) is 13.3 Å². The first kappa shape index (κ1) is 13.5. The number of aromatic amines is 1. The number of rotatable bonds is 5. The topological polar surface area (TPSA) is 79.9 Å². The van der Waals surface area contributed by atoms with Crippen molar-refractivity contribution in [1.29, 1.82) is 0 Å². The van der Waals surface area contributed by atoms with E-state index in [1.54, 1.807) is 6.92 Å². The Labute approximate surface area is 118 Å².